The van der Waals surface area contributed by atoms with Gasteiger partial charge in [0, 0.05) is 33.2 Å². The maximum absolute atomic E-state index is 12.1. The maximum atomic E-state index is 12.1. The van der Waals surface area contributed by atoms with E-state index in [1.165, 1.54) is 11.1 Å². The molecule has 27 heavy (non-hydrogen) atoms. The summed E-state index contributed by atoms with van der Waals surface area (Å²) >= 11 is 5.92. The number of hydrogen-bond donors (Lipinski definition) is 1. The summed E-state index contributed by atoms with van der Waals surface area (Å²) in [5, 5.41) is 4.62. The van der Waals surface area contributed by atoms with Gasteiger partial charge in [-0.05, 0) is 75.2 Å². The number of rotatable bonds is 4. The molecule has 0 aliphatic carbocycles. The predicted molar refractivity (Wildman–Crippen MR) is 111 cm³/mol. The van der Waals surface area contributed by atoms with Crippen LogP contribution in [0.3, 0.4) is 0 Å². The summed E-state index contributed by atoms with van der Waals surface area (Å²) in [4.78, 5) is 12.1. The standard InChI is InChI=1S/C22H22ClN3O/c1-14-8-9-21(10-15(14)2)26-16(3)11-19(17(26)4)13-24-25-22(27)18-6-5-7-20(23)12-18/h5-13H,1-4H3,(H,25,27)/b24-13-. The zero-order chi connectivity index (χ0) is 19.6. The molecule has 1 aromatic heterocycles. The van der Waals surface area contributed by atoms with Crippen molar-refractivity contribution in [2.75, 3.05) is 0 Å². The van der Waals surface area contributed by atoms with Crippen molar-refractivity contribution in [2.24, 2.45) is 5.10 Å². The lowest BCUT2D eigenvalue weighted by Gasteiger charge is -2.11. The second kappa shape index (κ2) is 7.80. The Hall–Kier alpha value is -2.85. The number of aromatic nitrogens is 1. The molecule has 1 N–H and O–H groups in total. The normalized spacial score (nSPS) is 11.1. The van der Waals surface area contributed by atoms with Gasteiger partial charge < -0.3 is 4.57 Å². The van der Waals surface area contributed by atoms with Crippen molar-refractivity contribution in [2.45, 2.75) is 27.7 Å². The minimum atomic E-state index is -0.295. The SMILES string of the molecule is Cc1ccc(-n2c(C)cc(/C=N\NC(=O)c3cccc(Cl)c3)c2C)cc1C. The summed E-state index contributed by atoms with van der Waals surface area (Å²) in [6.07, 6.45) is 1.67. The van der Waals surface area contributed by atoms with Gasteiger partial charge in [-0.25, -0.2) is 5.43 Å². The zero-order valence-corrected chi connectivity index (χ0v) is 16.6. The second-order valence-electron chi connectivity index (χ2n) is 6.64. The Labute approximate surface area is 164 Å². The van der Waals surface area contributed by atoms with Crippen molar-refractivity contribution < 1.29 is 4.79 Å². The maximum Gasteiger partial charge on any atom is 0.271 e. The van der Waals surface area contributed by atoms with Gasteiger partial charge in [-0.1, -0.05) is 23.7 Å². The average Bonchev–Trinajstić information content (AvgIpc) is 2.91. The lowest BCUT2D eigenvalue weighted by Crippen LogP contribution is -2.17. The van der Waals surface area contributed by atoms with E-state index in [1.54, 1.807) is 30.5 Å². The largest absolute Gasteiger partial charge is 0.318 e. The van der Waals surface area contributed by atoms with Crippen molar-refractivity contribution in [1.82, 2.24) is 9.99 Å². The highest BCUT2D eigenvalue weighted by Gasteiger charge is 2.10. The quantitative estimate of drug-likeness (QED) is 0.495. The van der Waals surface area contributed by atoms with Crippen LogP contribution >= 0.6 is 11.6 Å². The molecular weight excluding hydrogens is 358 g/mol. The fraction of sp³-hybridized carbons (Fsp3) is 0.182. The third kappa shape index (κ3) is 4.12. The number of nitrogens with zero attached hydrogens (tertiary/aromatic N) is 2. The smallest absolute Gasteiger partial charge is 0.271 e. The Balaban J connectivity index is 1.81. The number of aryl methyl sites for hydroxylation is 3. The van der Waals surface area contributed by atoms with Crippen LogP contribution in [0.2, 0.25) is 5.02 Å². The molecule has 5 heteroatoms. The summed E-state index contributed by atoms with van der Waals surface area (Å²) < 4.78 is 2.19. The van der Waals surface area contributed by atoms with Crippen LogP contribution in [-0.2, 0) is 0 Å². The Morgan fingerprint density at radius 1 is 1.04 bits per heavy atom. The first-order chi connectivity index (χ1) is 12.9. The van der Waals surface area contributed by atoms with Gasteiger partial charge in [0.1, 0.15) is 0 Å². The predicted octanol–water partition coefficient (Wildman–Crippen LogP) is 5.13. The number of carbonyl (C=O) groups excluding carboxylic acids is 1. The highest BCUT2D eigenvalue weighted by molar-refractivity contribution is 6.30. The van der Waals surface area contributed by atoms with E-state index >= 15 is 0 Å². The molecule has 0 radical (unpaired) electrons. The van der Waals surface area contributed by atoms with Gasteiger partial charge in [0.25, 0.3) is 5.91 Å². The van der Waals surface area contributed by atoms with E-state index in [2.05, 4.69) is 60.1 Å². The van der Waals surface area contributed by atoms with Crippen LogP contribution in [0.5, 0.6) is 0 Å². The monoisotopic (exact) mass is 379 g/mol. The highest BCUT2D eigenvalue weighted by Crippen LogP contribution is 2.21. The molecule has 0 saturated carbocycles. The van der Waals surface area contributed by atoms with E-state index in [0.717, 1.165) is 22.6 Å². The molecule has 2 aromatic carbocycles. The lowest BCUT2D eigenvalue weighted by atomic mass is 10.1. The van der Waals surface area contributed by atoms with Crippen molar-refractivity contribution in [3.8, 4) is 5.69 Å². The molecule has 0 aliphatic rings. The number of benzene rings is 2. The molecule has 0 unspecified atom stereocenters. The van der Waals surface area contributed by atoms with Crippen LogP contribution in [0.25, 0.3) is 5.69 Å². The number of amides is 1. The Bertz CT molecular complexity index is 1030. The molecule has 0 saturated heterocycles. The van der Waals surface area contributed by atoms with E-state index in [-0.39, 0.29) is 5.91 Å². The van der Waals surface area contributed by atoms with Crippen LogP contribution in [0.4, 0.5) is 0 Å². The Kier molecular flexibility index (Phi) is 5.47. The molecule has 1 heterocycles. The van der Waals surface area contributed by atoms with Crippen LogP contribution in [0, 0.1) is 27.7 Å². The van der Waals surface area contributed by atoms with E-state index in [0.29, 0.717) is 10.6 Å². The van der Waals surface area contributed by atoms with Gasteiger partial charge >= 0.3 is 0 Å². The second-order valence-corrected chi connectivity index (χ2v) is 7.08. The first kappa shape index (κ1) is 18.9. The van der Waals surface area contributed by atoms with Crippen LogP contribution in [0.1, 0.15) is 38.4 Å². The molecule has 0 aliphatic heterocycles. The number of nitrogens with one attached hydrogen (secondary N) is 1. The summed E-state index contributed by atoms with van der Waals surface area (Å²) in [6.45, 7) is 8.32. The fourth-order valence-corrected chi connectivity index (χ4v) is 3.23. The van der Waals surface area contributed by atoms with Crippen LogP contribution in [-0.4, -0.2) is 16.7 Å². The van der Waals surface area contributed by atoms with Crippen LogP contribution in [0.15, 0.2) is 53.6 Å². The van der Waals surface area contributed by atoms with Gasteiger partial charge in [-0.2, -0.15) is 5.10 Å². The molecule has 0 spiro atoms. The summed E-state index contributed by atoms with van der Waals surface area (Å²) in [6, 6.07) is 15.2. The van der Waals surface area contributed by atoms with E-state index in [9.17, 15) is 4.79 Å². The third-order valence-corrected chi connectivity index (χ3v) is 4.91. The number of halogens is 1. The van der Waals surface area contributed by atoms with E-state index in [4.69, 9.17) is 11.6 Å². The average molecular weight is 380 g/mol. The van der Waals surface area contributed by atoms with Gasteiger partial charge in [0.2, 0.25) is 0 Å². The Morgan fingerprint density at radius 2 is 1.81 bits per heavy atom. The first-order valence-electron chi connectivity index (χ1n) is 8.72. The molecule has 138 valence electrons. The van der Waals surface area contributed by atoms with Gasteiger partial charge in [-0.3, -0.25) is 4.79 Å². The van der Waals surface area contributed by atoms with Crippen molar-refractivity contribution >= 4 is 23.7 Å². The molecule has 0 bridgehead atoms. The lowest BCUT2D eigenvalue weighted by molar-refractivity contribution is 0.0955. The van der Waals surface area contributed by atoms with E-state index < -0.39 is 0 Å². The van der Waals surface area contributed by atoms with E-state index in [1.807, 2.05) is 6.92 Å². The molecule has 3 aromatic rings. The zero-order valence-electron chi connectivity index (χ0n) is 15.9. The minimum absolute atomic E-state index is 0.295. The minimum Gasteiger partial charge on any atom is -0.318 e. The van der Waals surface area contributed by atoms with Crippen molar-refractivity contribution in [3.05, 3.63) is 87.2 Å². The molecule has 0 atom stereocenters. The third-order valence-electron chi connectivity index (χ3n) is 4.68. The number of carbonyl (C=O) groups is 1. The molecule has 0 fully saturated rings. The molecule has 1 amide bonds. The number of hydrazone groups is 1. The molecule has 3 rings (SSSR count). The summed E-state index contributed by atoms with van der Waals surface area (Å²) in [5.41, 5.74) is 9.80. The topological polar surface area (TPSA) is 46.4 Å². The van der Waals surface area contributed by atoms with Gasteiger partial charge in [-0.15, -0.1) is 0 Å². The van der Waals surface area contributed by atoms with Gasteiger partial charge in [0.15, 0.2) is 0 Å². The van der Waals surface area contributed by atoms with Crippen molar-refractivity contribution in [3.63, 3.8) is 0 Å². The van der Waals surface area contributed by atoms with Crippen molar-refractivity contribution in [1.29, 1.82) is 0 Å². The molecular formula is C22H22ClN3O. The summed E-state index contributed by atoms with van der Waals surface area (Å²) in [7, 11) is 0. The van der Waals surface area contributed by atoms with Gasteiger partial charge in [0.05, 0.1) is 6.21 Å². The number of hydrogen-bond acceptors (Lipinski definition) is 2. The highest BCUT2D eigenvalue weighted by atomic mass is 35.5. The molecule has 4 nitrogen and oxygen atoms in total. The summed E-state index contributed by atoms with van der Waals surface area (Å²) in [5.74, 6) is -0.295. The van der Waals surface area contributed by atoms with Crippen LogP contribution < -0.4 is 5.43 Å². The fourth-order valence-electron chi connectivity index (χ4n) is 3.04. The first-order valence-corrected chi connectivity index (χ1v) is 9.10. The Morgan fingerprint density at radius 3 is 2.52 bits per heavy atom.